The summed E-state index contributed by atoms with van der Waals surface area (Å²) in [6.45, 7) is 8.32. The molecule has 0 bridgehead atoms. The van der Waals surface area contributed by atoms with Crippen molar-refractivity contribution in [3.63, 3.8) is 0 Å². The summed E-state index contributed by atoms with van der Waals surface area (Å²) in [5, 5.41) is 6.78. The van der Waals surface area contributed by atoms with E-state index in [0.29, 0.717) is 12.0 Å². The summed E-state index contributed by atoms with van der Waals surface area (Å²) in [5.74, 6) is 0.566. The van der Waals surface area contributed by atoms with Gasteiger partial charge in [0, 0.05) is 36.2 Å². The van der Waals surface area contributed by atoms with Gasteiger partial charge < -0.3 is 10.1 Å². The lowest BCUT2D eigenvalue weighted by molar-refractivity contribution is -0.0283. The van der Waals surface area contributed by atoms with Gasteiger partial charge in [0.05, 0.1) is 0 Å². The summed E-state index contributed by atoms with van der Waals surface area (Å²) in [6, 6.07) is 0.538. The molecule has 0 aromatic carbocycles. The molecule has 1 aromatic rings. The predicted molar refractivity (Wildman–Crippen MR) is 71.4 cm³/mol. The second-order valence-corrected chi connectivity index (χ2v) is 5.97. The van der Waals surface area contributed by atoms with Gasteiger partial charge in [-0.25, -0.2) is 4.98 Å². The zero-order valence-corrected chi connectivity index (χ0v) is 11.7. The van der Waals surface area contributed by atoms with E-state index >= 15 is 0 Å². The van der Waals surface area contributed by atoms with E-state index in [1.54, 1.807) is 11.3 Å². The van der Waals surface area contributed by atoms with E-state index in [9.17, 15) is 0 Å². The van der Waals surface area contributed by atoms with Crippen LogP contribution in [0.3, 0.4) is 0 Å². The van der Waals surface area contributed by atoms with E-state index < -0.39 is 0 Å². The highest BCUT2D eigenvalue weighted by atomic mass is 32.1. The van der Waals surface area contributed by atoms with Crippen LogP contribution in [0.4, 0.5) is 0 Å². The van der Waals surface area contributed by atoms with E-state index in [0.717, 1.165) is 23.9 Å². The number of thiazole rings is 1. The lowest BCUT2D eigenvalue weighted by Crippen LogP contribution is -2.35. The van der Waals surface area contributed by atoms with Crippen LogP contribution in [0.15, 0.2) is 5.38 Å². The van der Waals surface area contributed by atoms with E-state index in [1.165, 1.54) is 12.8 Å². The predicted octanol–water partition coefficient (Wildman–Crippen LogP) is 2.92. The minimum Gasteiger partial charge on any atom is -0.371 e. The summed E-state index contributed by atoms with van der Waals surface area (Å²) in [4.78, 5) is 4.58. The summed E-state index contributed by atoms with van der Waals surface area (Å²) >= 11 is 1.73. The van der Waals surface area contributed by atoms with Crippen molar-refractivity contribution in [3.8, 4) is 0 Å². The van der Waals surface area contributed by atoms with Crippen LogP contribution in [0.25, 0.3) is 0 Å². The van der Waals surface area contributed by atoms with Gasteiger partial charge in [0.15, 0.2) is 0 Å². The average molecular weight is 254 g/mol. The Hall–Kier alpha value is -0.450. The van der Waals surface area contributed by atoms with Crippen molar-refractivity contribution in [1.29, 1.82) is 0 Å². The lowest BCUT2D eigenvalue weighted by Gasteiger charge is -2.31. The van der Waals surface area contributed by atoms with Crippen LogP contribution >= 0.6 is 11.3 Å². The summed E-state index contributed by atoms with van der Waals surface area (Å²) < 4.78 is 5.93. The van der Waals surface area contributed by atoms with Gasteiger partial charge in [-0.1, -0.05) is 13.8 Å². The van der Waals surface area contributed by atoms with Crippen LogP contribution in [0.5, 0.6) is 0 Å². The van der Waals surface area contributed by atoms with Gasteiger partial charge in [0.2, 0.25) is 0 Å². The molecule has 1 N–H and O–H groups in total. The largest absolute Gasteiger partial charge is 0.371 e. The average Bonchev–Trinajstić information content (AvgIpc) is 2.73. The first-order valence-electron chi connectivity index (χ1n) is 6.44. The normalized spacial score (nSPS) is 25.4. The van der Waals surface area contributed by atoms with Gasteiger partial charge in [-0.2, -0.15) is 0 Å². The quantitative estimate of drug-likeness (QED) is 0.897. The molecule has 0 saturated carbocycles. The molecule has 3 nitrogen and oxygen atoms in total. The Kier molecular flexibility index (Phi) is 4.54. The second-order valence-electron chi connectivity index (χ2n) is 5.08. The highest BCUT2D eigenvalue weighted by molar-refractivity contribution is 7.09. The molecule has 0 radical (unpaired) electrons. The van der Waals surface area contributed by atoms with Crippen LogP contribution in [-0.2, 0) is 4.74 Å². The zero-order valence-electron chi connectivity index (χ0n) is 10.9. The van der Waals surface area contributed by atoms with E-state index in [4.69, 9.17) is 4.74 Å². The van der Waals surface area contributed by atoms with Crippen LogP contribution < -0.4 is 5.32 Å². The van der Waals surface area contributed by atoms with Crippen molar-refractivity contribution in [3.05, 3.63) is 16.1 Å². The number of ether oxygens (including phenoxy) is 1. The lowest BCUT2D eigenvalue weighted by atomic mass is 9.94. The van der Waals surface area contributed by atoms with Crippen LogP contribution in [0, 0.1) is 12.8 Å². The van der Waals surface area contributed by atoms with Crippen molar-refractivity contribution in [2.75, 3.05) is 13.2 Å². The maximum Gasteiger partial charge on any atom is 0.122 e. The third kappa shape index (κ3) is 3.50. The molecule has 0 aliphatic carbocycles. The Morgan fingerprint density at radius 2 is 2.41 bits per heavy atom. The topological polar surface area (TPSA) is 34.1 Å². The van der Waals surface area contributed by atoms with Crippen molar-refractivity contribution < 1.29 is 4.74 Å². The monoisotopic (exact) mass is 254 g/mol. The smallest absolute Gasteiger partial charge is 0.122 e. The number of hydrogen-bond donors (Lipinski definition) is 1. The minimum absolute atomic E-state index is 0.202. The fraction of sp³-hybridized carbons (Fsp3) is 0.769. The van der Waals surface area contributed by atoms with Crippen molar-refractivity contribution in [1.82, 2.24) is 10.3 Å². The van der Waals surface area contributed by atoms with Crippen LogP contribution in [0.2, 0.25) is 0 Å². The maximum absolute atomic E-state index is 5.93. The highest BCUT2D eigenvalue weighted by Crippen LogP contribution is 2.34. The molecule has 0 amide bonds. The Morgan fingerprint density at radius 1 is 1.59 bits per heavy atom. The number of nitrogens with one attached hydrogen (secondary N) is 1. The fourth-order valence-electron chi connectivity index (χ4n) is 2.22. The van der Waals surface area contributed by atoms with Gasteiger partial charge in [0.1, 0.15) is 11.1 Å². The Labute approximate surface area is 108 Å². The molecule has 2 rings (SSSR count). The second kappa shape index (κ2) is 5.94. The first-order chi connectivity index (χ1) is 8.16. The first-order valence-corrected chi connectivity index (χ1v) is 7.32. The maximum atomic E-state index is 5.93. The van der Waals surface area contributed by atoms with Gasteiger partial charge in [-0.15, -0.1) is 11.3 Å². The molecule has 1 fully saturated rings. The van der Waals surface area contributed by atoms with E-state index in [2.05, 4.69) is 29.5 Å². The van der Waals surface area contributed by atoms with Gasteiger partial charge >= 0.3 is 0 Å². The molecule has 0 spiro atoms. The molecule has 2 atom stereocenters. The van der Waals surface area contributed by atoms with Gasteiger partial charge in [-0.3, -0.25) is 0 Å². The van der Waals surface area contributed by atoms with Crippen LogP contribution in [0.1, 0.15) is 43.5 Å². The molecular weight excluding hydrogens is 232 g/mol. The molecule has 1 saturated heterocycles. The van der Waals surface area contributed by atoms with Crippen molar-refractivity contribution in [2.24, 2.45) is 5.92 Å². The molecular formula is C13H22N2OS. The Morgan fingerprint density at radius 3 is 3.06 bits per heavy atom. The molecule has 4 heteroatoms. The number of aromatic nitrogens is 1. The summed E-state index contributed by atoms with van der Waals surface area (Å²) in [6.07, 6.45) is 2.61. The zero-order chi connectivity index (χ0) is 12.3. The first kappa shape index (κ1) is 13.0. The fourth-order valence-corrected chi connectivity index (χ4v) is 3.15. The van der Waals surface area contributed by atoms with Crippen molar-refractivity contribution in [2.45, 2.75) is 45.8 Å². The third-order valence-corrected chi connectivity index (χ3v) is 4.14. The minimum atomic E-state index is 0.202. The van der Waals surface area contributed by atoms with Gasteiger partial charge in [-0.05, 0) is 19.8 Å². The number of hydrogen-bond acceptors (Lipinski definition) is 4. The SMILES string of the molecule is Cc1csc(C2OCCCC2CNC(C)C)n1. The molecule has 2 unspecified atom stereocenters. The highest BCUT2D eigenvalue weighted by Gasteiger charge is 2.29. The van der Waals surface area contributed by atoms with E-state index in [-0.39, 0.29) is 6.10 Å². The molecule has 96 valence electrons. The Bertz CT molecular complexity index is 351. The number of aryl methyl sites for hydroxylation is 1. The summed E-state index contributed by atoms with van der Waals surface area (Å²) in [7, 11) is 0. The standard InChI is InChI=1S/C13H22N2OS/c1-9(2)14-7-11-5-4-6-16-12(11)13-15-10(3)8-17-13/h8-9,11-12,14H,4-7H2,1-3H3. The number of nitrogens with zero attached hydrogens (tertiary/aromatic N) is 1. The molecule has 17 heavy (non-hydrogen) atoms. The molecule has 1 aromatic heterocycles. The molecule has 1 aliphatic rings. The van der Waals surface area contributed by atoms with E-state index in [1.807, 2.05) is 6.92 Å². The van der Waals surface area contributed by atoms with Crippen molar-refractivity contribution >= 4 is 11.3 Å². The molecule has 2 heterocycles. The Balaban J connectivity index is 2.01. The van der Waals surface area contributed by atoms with Gasteiger partial charge in [0.25, 0.3) is 0 Å². The summed E-state index contributed by atoms with van der Waals surface area (Å²) in [5.41, 5.74) is 1.11. The third-order valence-electron chi connectivity index (χ3n) is 3.11. The van der Waals surface area contributed by atoms with Crippen LogP contribution in [-0.4, -0.2) is 24.2 Å². The molecule has 1 aliphatic heterocycles. The number of rotatable bonds is 4.